The van der Waals surface area contributed by atoms with Crippen LogP contribution in [0.15, 0.2) is 0 Å². The van der Waals surface area contributed by atoms with Gasteiger partial charge in [0.2, 0.25) is 0 Å². The van der Waals surface area contributed by atoms with Crippen molar-refractivity contribution >= 4 is 0 Å². The Balaban J connectivity index is 6.40. The van der Waals surface area contributed by atoms with E-state index < -0.39 is 44.5 Å². The zero-order chi connectivity index (χ0) is 19.3. The Labute approximate surface area is 126 Å². The lowest BCUT2D eigenvalue weighted by atomic mass is 10.0. The summed E-state index contributed by atoms with van der Waals surface area (Å²) >= 11 is 0. The molecule has 0 aliphatic rings. The maximum atomic E-state index is 10.4. The molecule has 0 amide bonds. The lowest BCUT2D eigenvalue weighted by Gasteiger charge is -2.42. The predicted octanol–water partition coefficient (Wildman–Crippen LogP) is -4.16. The Morgan fingerprint density at radius 2 is 1.08 bits per heavy atom. The van der Waals surface area contributed by atoms with Crippen molar-refractivity contribution < 1.29 is 60.1 Å². The van der Waals surface area contributed by atoms with Crippen LogP contribution in [0.3, 0.4) is 0 Å². The molecule has 0 heterocycles. The fraction of sp³-hybridized carbons (Fsp3) is 1.00. The minimum atomic E-state index is -4.94. The molecule has 0 aliphatic carbocycles. The van der Waals surface area contributed by atoms with Gasteiger partial charge in [-0.05, 0) is 0 Å². The molecule has 0 radical (unpaired) electrons. The van der Waals surface area contributed by atoms with Crippen LogP contribution in [0.1, 0.15) is 0 Å². The van der Waals surface area contributed by atoms with Gasteiger partial charge in [-0.25, -0.2) is 0 Å². The molecule has 4 N–H and O–H groups in total. The molecule has 0 aromatic rings. The van der Waals surface area contributed by atoms with Crippen LogP contribution in [0, 0.1) is 40.5 Å². The van der Waals surface area contributed by atoms with Crippen LogP contribution in [0.2, 0.25) is 0 Å². The first-order valence-corrected chi connectivity index (χ1v) is 4.84. The average Bonchev–Trinajstić information content (AvgIpc) is 2.31. The highest BCUT2D eigenvalue weighted by Crippen LogP contribution is 2.37. The van der Waals surface area contributed by atoms with E-state index in [-0.39, 0.29) is 0 Å². The summed E-state index contributed by atoms with van der Waals surface area (Å²) in [6.07, 6.45) is 0. The van der Waals surface area contributed by atoms with E-state index in [9.17, 15) is 45.6 Å². The van der Waals surface area contributed by atoms with E-state index in [0.29, 0.717) is 0 Å². The van der Waals surface area contributed by atoms with Crippen molar-refractivity contribution in [2.75, 3.05) is 6.61 Å². The van der Waals surface area contributed by atoms with E-state index >= 15 is 0 Å². The summed E-state index contributed by atoms with van der Waals surface area (Å²) in [7, 11) is 0. The van der Waals surface area contributed by atoms with Gasteiger partial charge in [0, 0.05) is 0 Å². The standard InChI is InChI=1S/C4H6N4O16/c9-3(4(10,11)12,24-8(19)20)2(22-6(15)16,23-7(17)18)1-21-5(13)14/h9-12H,1H2. The van der Waals surface area contributed by atoms with E-state index in [0.717, 1.165) is 0 Å². The van der Waals surface area contributed by atoms with E-state index in [1.54, 1.807) is 0 Å². The van der Waals surface area contributed by atoms with Crippen LogP contribution in [0.25, 0.3) is 0 Å². The highest BCUT2D eigenvalue weighted by atomic mass is 17.1. The zero-order valence-electron chi connectivity index (χ0n) is 10.7. The van der Waals surface area contributed by atoms with Crippen molar-refractivity contribution in [3.63, 3.8) is 0 Å². The molecule has 0 fully saturated rings. The molecule has 20 heteroatoms. The number of nitrogens with zero attached hydrogens (tertiary/aromatic N) is 4. The SMILES string of the molecule is O=[N+]([O-])OCC(O[N+](=O)[O-])(O[N+](=O)[O-])C(O)(O[N+](=O)[O-])C(O)(O)O. The molecule has 0 spiro atoms. The van der Waals surface area contributed by atoms with E-state index in [1.165, 1.54) is 0 Å². The van der Waals surface area contributed by atoms with Crippen LogP contribution in [0.5, 0.6) is 0 Å². The second kappa shape index (κ2) is 6.82. The number of hydrogen-bond acceptors (Lipinski definition) is 16. The zero-order valence-corrected chi connectivity index (χ0v) is 10.7. The summed E-state index contributed by atoms with van der Waals surface area (Å²) in [5, 5.41) is 69.4. The fourth-order valence-electron chi connectivity index (χ4n) is 1.16. The number of rotatable bonds is 11. The van der Waals surface area contributed by atoms with Crippen LogP contribution in [0.4, 0.5) is 0 Å². The van der Waals surface area contributed by atoms with Gasteiger partial charge < -0.3 is 25.3 Å². The average molecular weight is 366 g/mol. The lowest BCUT2D eigenvalue weighted by molar-refractivity contribution is -0.921. The third-order valence-electron chi connectivity index (χ3n) is 1.98. The van der Waals surface area contributed by atoms with Gasteiger partial charge in [0.15, 0.2) is 6.61 Å². The summed E-state index contributed by atoms with van der Waals surface area (Å²) in [6, 6.07) is 0. The summed E-state index contributed by atoms with van der Waals surface area (Å²) in [5.74, 6) is -14.3. The van der Waals surface area contributed by atoms with Gasteiger partial charge in [-0.15, -0.1) is 40.5 Å². The minimum absolute atomic E-state index is 1.80. The topological polar surface area (TPSA) is 290 Å². The molecular weight excluding hydrogens is 360 g/mol. The molecule has 0 bridgehead atoms. The van der Waals surface area contributed by atoms with Gasteiger partial charge in [-0.2, -0.15) is 0 Å². The first kappa shape index (κ1) is 20.6. The summed E-state index contributed by atoms with van der Waals surface area (Å²) in [4.78, 5) is 54.4. The van der Waals surface area contributed by atoms with Gasteiger partial charge in [0.25, 0.3) is 20.3 Å². The van der Waals surface area contributed by atoms with Crippen molar-refractivity contribution in [2.45, 2.75) is 17.5 Å². The monoisotopic (exact) mass is 366 g/mol. The molecule has 20 nitrogen and oxygen atoms in total. The summed E-state index contributed by atoms with van der Waals surface area (Å²) < 4.78 is 0. The smallest absolute Gasteiger partial charge is 0.351 e. The number of aliphatic hydroxyl groups is 4. The first-order valence-electron chi connectivity index (χ1n) is 4.84. The first-order chi connectivity index (χ1) is 10.7. The van der Waals surface area contributed by atoms with Gasteiger partial charge >= 0.3 is 17.5 Å². The third kappa shape index (κ3) is 4.57. The molecule has 1 unspecified atom stereocenters. The maximum absolute atomic E-state index is 10.4. The molecule has 0 aromatic carbocycles. The molecular formula is C4H6N4O16. The second-order valence-corrected chi connectivity index (χ2v) is 3.47. The second-order valence-electron chi connectivity index (χ2n) is 3.47. The normalized spacial score (nSPS) is 14.0. The van der Waals surface area contributed by atoms with Gasteiger partial charge in [-0.1, -0.05) is 0 Å². The fourth-order valence-corrected chi connectivity index (χ4v) is 1.16. The van der Waals surface area contributed by atoms with Gasteiger partial charge in [-0.3, -0.25) is 14.5 Å². The molecule has 0 aliphatic heterocycles. The van der Waals surface area contributed by atoms with E-state index in [4.69, 9.17) is 15.3 Å². The quantitative estimate of drug-likeness (QED) is 0.153. The van der Waals surface area contributed by atoms with Crippen LogP contribution in [-0.4, -0.2) is 64.9 Å². The maximum Gasteiger partial charge on any atom is 0.351 e. The van der Waals surface area contributed by atoms with Gasteiger partial charge in [0.05, 0.1) is 0 Å². The molecule has 0 saturated heterocycles. The molecule has 0 rings (SSSR count). The van der Waals surface area contributed by atoms with Crippen molar-refractivity contribution in [1.82, 2.24) is 0 Å². The summed E-state index contributed by atoms with van der Waals surface area (Å²) in [6.45, 7) is -2.30. The van der Waals surface area contributed by atoms with Crippen LogP contribution >= 0.6 is 0 Å². The van der Waals surface area contributed by atoms with Gasteiger partial charge in [0.1, 0.15) is 0 Å². The Bertz CT molecular complexity index is 509. The number of hydrogen-bond donors (Lipinski definition) is 4. The lowest BCUT2D eigenvalue weighted by Crippen LogP contribution is -2.74. The molecule has 0 saturated carbocycles. The highest BCUT2D eigenvalue weighted by Gasteiger charge is 2.73. The van der Waals surface area contributed by atoms with E-state index in [1.807, 2.05) is 0 Å². The van der Waals surface area contributed by atoms with Crippen molar-refractivity contribution in [2.24, 2.45) is 0 Å². The highest BCUT2D eigenvalue weighted by molar-refractivity contribution is 4.90. The molecule has 24 heavy (non-hydrogen) atoms. The third-order valence-corrected chi connectivity index (χ3v) is 1.98. The molecule has 1 atom stereocenters. The largest absolute Gasteiger partial charge is 0.356 e. The van der Waals surface area contributed by atoms with Crippen LogP contribution in [-0.2, 0) is 19.4 Å². The summed E-state index contributed by atoms with van der Waals surface area (Å²) in [5.41, 5.74) is 0. The predicted molar refractivity (Wildman–Crippen MR) is 54.3 cm³/mol. The van der Waals surface area contributed by atoms with E-state index in [2.05, 4.69) is 19.4 Å². The molecule has 138 valence electrons. The van der Waals surface area contributed by atoms with Crippen molar-refractivity contribution in [1.29, 1.82) is 0 Å². The van der Waals surface area contributed by atoms with Crippen molar-refractivity contribution in [3.05, 3.63) is 40.5 Å². The Kier molecular flexibility index (Phi) is 5.86. The Morgan fingerprint density at radius 1 is 0.708 bits per heavy atom. The van der Waals surface area contributed by atoms with Crippen LogP contribution < -0.4 is 0 Å². The minimum Gasteiger partial charge on any atom is -0.356 e. The van der Waals surface area contributed by atoms with Crippen molar-refractivity contribution in [3.8, 4) is 0 Å². The molecule has 0 aromatic heterocycles. The Hall–Kier alpha value is -3.36. The Morgan fingerprint density at radius 3 is 1.33 bits per heavy atom.